The van der Waals surface area contributed by atoms with Gasteiger partial charge in [0.25, 0.3) is 0 Å². The van der Waals surface area contributed by atoms with Crippen molar-refractivity contribution in [3.63, 3.8) is 0 Å². The van der Waals surface area contributed by atoms with Gasteiger partial charge in [-0.25, -0.2) is 0 Å². The van der Waals surface area contributed by atoms with E-state index in [0.717, 1.165) is 15.0 Å². The van der Waals surface area contributed by atoms with Crippen LogP contribution in [0.5, 0.6) is 5.75 Å². The Hall–Kier alpha value is -0.980. The molecule has 0 aliphatic rings. The Morgan fingerprint density at radius 2 is 1.75 bits per heavy atom. The molecule has 0 bridgehead atoms. The van der Waals surface area contributed by atoms with Gasteiger partial charge in [0.05, 0.1) is 0 Å². The van der Waals surface area contributed by atoms with Crippen molar-refractivity contribution in [3.8, 4) is 5.75 Å². The molecular weight excluding hydrogens is 389 g/mol. The summed E-state index contributed by atoms with van der Waals surface area (Å²) in [6, 6.07) is 15.1. The van der Waals surface area contributed by atoms with Crippen LogP contribution in [0.3, 0.4) is 0 Å². The van der Waals surface area contributed by atoms with E-state index in [9.17, 15) is 5.11 Å². The molecule has 20 heavy (non-hydrogen) atoms. The molecule has 0 saturated heterocycles. The van der Waals surface area contributed by atoms with Crippen LogP contribution in [0, 0.1) is 3.57 Å². The Balaban J connectivity index is 1.73. The first-order valence-electron chi connectivity index (χ1n) is 6.19. The predicted octanol–water partition coefficient (Wildman–Crippen LogP) is 3.80. The van der Waals surface area contributed by atoms with Crippen LogP contribution in [0.15, 0.2) is 48.5 Å². The van der Waals surface area contributed by atoms with Crippen molar-refractivity contribution < 1.29 is 9.84 Å². The number of anilines is 1. The van der Waals surface area contributed by atoms with Crippen LogP contribution in [0.4, 0.5) is 5.69 Å². The molecule has 1 atom stereocenters. The lowest BCUT2D eigenvalue weighted by Gasteiger charge is -2.14. The molecule has 1 unspecified atom stereocenters. The number of aliphatic hydroxyl groups excluding tert-OH is 1. The van der Waals surface area contributed by atoms with Crippen LogP contribution in [0.1, 0.15) is 0 Å². The van der Waals surface area contributed by atoms with E-state index >= 15 is 0 Å². The average molecular weight is 404 g/mol. The van der Waals surface area contributed by atoms with Gasteiger partial charge in [0.2, 0.25) is 0 Å². The minimum Gasteiger partial charge on any atom is -0.491 e. The molecule has 0 aromatic heterocycles. The highest BCUT2D eigenvalue weighted by atomic mass is 127. The molecule has 0 heterocycles. The summed E-state index contributed by atoms with van der Waals surface area (Å²) in [7, 11) is 0. The second-order valence-electron chi connectivity index (χ2n) is 4.31. The molecule has 0 spiro atoms. The first-order chi connectivity index (χ1) is 9.63. The van der Waals surface area contributed by atoms with Gasteiger partial charge in [0, 0.05) is 20.8 Å². The number of halogens is 2. The summed E-state index contributed by atoms with van der Waals surface area (Å²) >= 11 is 8.04. The molecule has 3 nitrogen and oxygen atoms in total. The molecule has 0 saturated carbocycles. The van der Waals surface area contributed by atoms with Crippen molar-refractivity contribution in [1.82, 2.24) is 0 Å². The smallest absolute Gasteiger partial charge is 0.119 e. The molecule has 0 amide bonds. The maximum atomic E-state index is 9.87. The molecule has 106 valence electrons. The van der Waals surface area contributed by atoms with Crippen LogP contribution in [0.2, 0.25) is 5.02 Å². The van der Waals surface area contributed by atoms with Gasteiger partial charge in [-0.1, -0.05) is 11.6 Å². The number of nitrogens with one attached hydrogen (secondary N) is 1. The summed E-state index contributed by atoms with van der Waals surface area (Å²) in [6.07, 6.45) is -0.579. The Bertz CT molecular complexity index is 481. The van der Waals surface area contributed by atoms with Crippen molar-refractivity contribution in [2.75, 3.05) is 18.5 Å². The number of hydrogen-bond donors (Lipinski definition) is 2. The minimum absolute atomic E-state index is 0.251. The van der Waals surface area contributed by atoms with Crippen molar-refractivity contribution in [2.24, 2.45) is 0 Å². The Morgan fingerprint density at radius 3 is 2.40 bits per heavy atom. The lowest BCUT2D eigenvalue weighted by atomic mass is 10.3. The fourth-order valence-electron chi connectivity index (χ4n) is 1.59. The quantitative estimate of drug-likeness (QED) is 0.721. The molecule has 2 aromatic carbocycles. The van der Waals surface area contributed by atoms with Crippen molar-refractivity contribution in [3.05, 3.63) is 57.1 Å². The number of benzene rings is 2. The Morgan fingerprint density at radius 1 is 1.10 bits per heavy atom. The van der Waals surface area contributed by atoms with E-state index in [1.165, 1.54) is 0 Å². The zero-order chi connectivity index (χ0) is 14.4. The SMILES string of the molecule is OC(CNc1ccc(Cl)cc1)COc1ccc(I)cc1. The van der Waals surface area contributed by atoms with E-state index < -0.39 is 6.10 Å². The average Bonchev–Trinajstić information content (AvgIpc) is 2.46. The molecule has 2 rings (SSSR count). The number of aliphatic hydroxyl groups is 1. The summed E-state index contributed by atoms with van der Waals surface area (Å²) in [4.78, 5) is 0. The lowest BCUT2D eigenvalue weighted by molar-refractivity contribution is 0.117. The van der Waals surface area contributed by atoms with E-state index in [1.54, 1.807) is 12.1 Å². The molecular formula is C15H15ClINO2. The van der Waals surface area contributed by atoms with Crippen molar-refractivity contribution >= 4 is 39.9 Å². The molecule has 2 aromatic rings. The third-order valence-electron chi connectivity index (χ3n) is 2.64. The van der Waals surface area contributed by atoms with Crippen molar-refractivity contribution in [1.29, 1.82) is 0 Å². The highest BCUT2D eigenvalue weighted by Crippen LogP contribution is 2.15. The van der Waals surface area contributed by atoms with E-state index in [4.69, 9.17) is 16.3 Å². The van der Waals surface area contributed by atoms with Gasteiger partial charge in [0.1, 0.15) is 18.5 Å². The van der Waals surface area contributed by atoms with Crippen LogP contribution in [-0.2, 0) is 0 Å². The number of hydrogen-bond acceptors (Lipinski definition) is 3. The van der Waals surface area contributed by atoms with E-state index in [1.807, 2.05) is 36.4 Å². The summed E-state index contributed by atoms with van der Waals surface area (Å²) in [5, 5.41) is 13.7. The first kappa shape index (κ1) is 15.4. The van der Waals surface area contributed by atoms with Crippen LogP contribution >= 0.6 is 34.2 Å². The van der Waals surface area contributed by atoms with Gasteiger partial charge in [-0.2, -0.15) is 0 Å². The van der Waals surface area contributed by atoms with Crippen LogP contribution in [0.25, 0.3) is 0 Å². The van der Waals surface area contributed by atoms with Gasteiger partial charge in [0.15, 0.2) is 0 Å². The molecule has 2 N–H and O–H groups in total. The van der Waals surface area contributed by atoms with E-state index in [2.05, 4.69) is 27.9 Å². The molecule has 0 aliphatic heterocycles. The molecule has 0 aliphatic carbocycles. The second-order valence-corrected chi connectivity index (χ2v) is 5.99. The van der Waals surface area contributed by atoms with Crippen LogP contribution < -0.4 is 10.1 Å². The van der Waals surface area contributed by atoms with Crippen molar-refractivity contribution in [2.45, 2.75) is 6.10 Å². The Labute approximate surface area is 137 Å². The monoisotopic (exact) mass is 403 g/mol. The zero-order valence-corrected chi connectivity index (χ0v) is 13.6. The second kappa shape index (κ2) is 7.71. The summed E-state index contributed by atoms with van der Waals surface area (Å²) in [5.74, 6) is 0.760. The molecule has 5 heteroatoms. The fraction of sp³-hybridized carbons (Fsp3) is 0.200. The third-order valence-corrected chi connectivity index (χ3v) is 3.61. The summed E-state index contributed by atoms with van der Waals surface area (Å²) in [5.41, 5.74) is 0.919. The summed E-state index contributed by atoms with van der Waals surface area (Å²) in [6.45, 7) is 0.674. The van der Waals surface area contributed by atoms with Gasteiger partial charge in [-0.15, -0.1) is 0 Å². The highest BCUT2D eigenvalue weighted by molar-refractivity contribution is 14.1. The Kier molecular flexibility index (Phi) is 5.94. The van der Waals surface area contributed by atoms with Gasteiger partial charge in [-0.3, -0.25) is 0 Å². The van der Waals surface area contributed by atoms with Gasteiger partial charge >= 0.3 is 0 Å². The maximum Gasteiger partial charge on any atom is 0.119 e. The number of rotatable bonds is 6. The normalized spacial score (nSPS) is 11.9. The zero-order valence-electron chi connectivity index (χ0n) is 10.7. The first-order valence-corrected chi connectivity index (χ1v) is 7.65. The molecule has 0 radical (unpaired) electrons. The van der Waals surface area contributed by atoms with Gasteiger partial charge in [-0.05, 0) is 71.1 Å². The predicted molar refractivity (Wildman–Crippen MR) is 90.6 cm³/mol. The highest BCUT2D eigenvalue weighted by Gasteiger charge is 2.05. The third kappa shape index (κ3) is 5.19. The number of ether oxygens (including phenoxy) is 1. The van der Waals surface area contributed by atoms with E-state index in [0.29, 0.717) is 11.6 Å². The minimum atomic E-state index is -0.579. The summed E-state index contributed by atoms with van der Waals surface area (Å²) < 4.78 is 6.67. The largest absolute Gasteiger partial charge is 0.491 e. The van der Waals surface area contributed by atoms with Gasteiger partial charge < -0.3 is 15.2 Å². The van der Waals surface area contributed by atoms with Crippen LogP contribution in [-0.4, -0.2) is 24.4 Å². The topological polar surface area (TPSA) is 41.5 Å². The molecule has 0 fully saturated rings. The van der Waals surface area contributed by atoms with E-state index in [-0.39, 0.29) is 6.61 Å². The lowest BCUT2D eigenvalue weighted by Crippen LogP contribution is -2.26. The maximum absolute atomic E-state index is 9.87. The standard InChI is InChI=1S/C15H15ClINO2/c16-11-1-5-13(6-2-11)18-9-14(19)10-20-15-7-3-12(17)4-8-15/h1-8,14,18-19H,9-10H2. The fourth-order valence-corrected chi connectivity index (χ4v) is 2.07.